The van der Waals surface area contributed by atoms with Crippen LogP contribution in [0.2, 0.25) is 0 Å². The molecule has 1 aromatic carbocycles. The lowest BCUT2D eigenvalue weighted by Crippen LogP contribution is -2.41. The molecule has 118 valence electrons. The van der Waals surface area contributed by atoms with E-state index in [-0.39, 0.29) is 13.2 Å². The van der Waals surface area contributed by atoms with Gasteiger partial charge in [-0.25, -0.2) is 0 Å². The molecule has 1 heterocycles. The summed E-state index contributed by atoms with van der Waals surface area (Å²) in [6.45, 7) is 3.05. The van der Waals surface area contributed by atoms with Gasteiger partial charge in [-0.15, -0.1) is 0 Å². The molecule has 1 fully saturated rings. The van der Waals surface area contributed by atoms with E-state index in [1.807, 2.05) is 24.3 Å². The molecular weight excluding hydrogens is 270 g/mol. The molecule has 21 heavy (non-hydrogen) atoms. The highest BCUT2D eigenvalue weighted by Crippen LogP contribution is 2.18. The zero-order valence-corrected chi connectivity index (χ0v) is 12.6. The molecule has 0 aliphatic carbocycles. The molecule has 1 aromatic rings. The Hall–Kier alpha value is -1.30. The van der Waals surface area contributed by atoms with Crippen molar-refractivity contribution in [3.8, 4) is 11.5 Å². The van der Waals surface area contributed by atoms with Crippen LogP contribution in [0.25, 0.3) is 0 Å². The molecule has 5 nitrogen and oxygen atoms in total. The first-order valence-electron chi connectivity index (χ1n) is 7.49. The summed E-state index contributed by atoms with van der Waals surface area (Å²) in [5, 5.41) is 19.2. The number of ether oxygens (including phenoxy) is 2. The highest BCUT2D eigenvalue weighted by atomic mass is 16.5. The lowest BCUT2D eigenvalue weighted by atomic mass is 9.98. The quantitative estimate of drug-likeness (QED) is 0.790. The summed E-state index contributed by atoms with van der Waals surface area (Å²) in [4.78, 5) is 2.23. The molecule has 2 rings (SSSR count). The maximum absolute atomic E-state index is 10.0. The molecule has 1 atom stereocenters. The zero-order valence-electron chi connectivity index (χ0n) is 12.6. The minimum Gasteiger partial charge on any atom is -0.497 e. The van der Waals surface area contributed by atoms with E-state index >= 15 is 0 Å². The van der Waals surface area contributed by atoms with Gasteiger partial charge in [0.2, 0.25) is 0 Å². The number of hydrogen-bond acceptors (Lipinski definition) is 5. The van der Waals surface area contributed by atoms with Gasteiger partial charge in [0.05, 0.1) is 7.11 Å². The minimum absolute atomic E-state index is 0.275. The van der Waals surface area contributed by atoms with E-state index in [1.54, 1.807) is 7.11 Å². The van der Waals surface area contributed by atoms with E-state index in [4.69, 9.17) is 14.6 Å². The van der Waals surface area contributed by atoms with Crippen molar-refractivity contribution in [2.24, 2.45) is 5.92 Å². The van der Waals surface area contributed by atoms with Gasteiger partial charge in [-0.3, -0.25) is 0 Å². The Morgan fingerprint density at radius 2 is 1.81 bits per heavy atom. The molecule has 0 aromatic heterocycles. The summed E-state index contributed by atoms with van der Waals surface area (Å²) in [7, 11) is 1.62. The van der Waals surface area contributed by atoms with Gasteiger partial charge in [0.25, 0.3) is 0 Å². The van der Waals surface area contributed by atoms with Gasteiger partial charge in [-0.1, -0.05) is 0 Å². The average molecular weight is 295 g/mol. The van der Waals surface area contributed by atoms with Crippen LogP contribution in [0.5, 0.6) is 11.5 Å². The minimum atomic E-state index is -0.502. The summed E-state index contributed by atoms with van der Waals surface area (Å²) in [5.74, 6) is 1.94. The van der Waals surface area contributed by atoms with E-state index in [2.05, 4.69) is 4.90 Å². The smallest absolute Gasteiger partial charge is 0.119 e. The molecule has 1 aliphatic heterocycles. The van der Waals surface area contributed by atoms with Crippen molar-refractivity contribution >= 4 is 0 Å². The zero-order chi connectivity index (χ0) is 15.1. The Balaban J connectivity index is 1.68. The van der Waals surface area contributed by atoms with Gasteiger partial charge in [0, 0.05) is 13.2 Å². The Morgan fingerprint density at radius 1 is 1.19 bits per heavy atom. The number of likely N-dealkylation sites (tertiary alicyclic amines) is 1. The third-order valence-electron chi connectivity index (χ3n) is 3.94. The van der Waals surface area contributed by atoms with Gasteiger partial charge in [-0.2, -0.15) is 0 Å². The maximum Gasteiger partial charge on any atom is 0.119 e. The fraction of sp³-hybridized carbons (Fsp3) is 0.625. The number of piperidine rings is 1. The molecule has 0 radical (unpaired) electrons. The summed E-state index contributed by atoms with van der Waals surface area (Å²) in [6.07, 6.45) is 1.50. The Kier molecular flexibility index (Phi) is 6.29. The highest BCUT2D eigenvalue weighted by Gasteiger charge is 2.20. The third kappa shape index (κ3) is 5.19. The lowest BCUT2D eigenvalue weighted by Gasteiger charge is -2.32. The summed E-state index contributed by atoms with van der Waals surface area (Å²) < 4.78 is 10.7. The fourth-order valence-electron chi connectivity index (χ4n) is 2.57. The summed E-state index contributed by atoms with van der Waals surface area (Å²) in [5.41, 5.74) is 0. The van der Waals surface area contributed by atoms with Gasteiger partial charge in [-0.05, 0) is 56.1 Å². The molecule has 5 heteroatoms. The van der Waals surface area contributed by atoms with Gasteiger partial charge >= 0.3 is 0 Å². The second-order valence-corrected chi connectivity index (χ2v) is 5.57. The van der Waals surface area contributed by atoms with Crippen molar-refractivity contribution in [1.82, 2.24) is 4.90 Å². The van der Waals surface area contributed by atoms with Crippen LogP contribution in [0.4, 0.5) is 0 Å². The van der Waals surface area contributed by atoms with Crippen LogP contribution >= 0.6 is 0 Å². The number of rotatable bonds is 7. The van der Waals surface area contributed by atoms with Crippen LogP contribution in [-0.4, -0.2) is 61.2 Å². The van der Waals surface area contributed by atoms with E-state index < -0.39 is 6.10 Å². The van der Waals surface area contributed by atoms with Gasteiger partial charge in [0.1, 0.15) is 24.2 Å². The van der Waals surface area contributed by atoms with E-state index in [0.717, 1.165) is 37.4 Å². The largest absolute Gasteiger partial charge is 0.497 e. The number of methoxy groups -OCH3 is 1. The van der Waals surface area contributed by atoms with E-state index in [9.17, 15) is 5.11 Å². The average Bonchev–Trinajstić information content (AvgIpc) is 2.54. The number of β-amino-alcohol motifs (C(OH)–C–C–N with tert-alkyl or cyclic N) is 1. The number of aliphatic hydroxyl groups excluding tert-OH is 2. The Morgan fingerprint density at radius 3 is 2.38 bits per heavy atom. The Bertz CT molecular complexity index is 401. The first kappa shape index (κ1) is 16.1. The van der Waals surface area contributed by atoms with Crippen molar-refractivity contribution in [3.63, 3.8) is 0 Å². The van der Waals surface area contributed by atoms with Crippen LogP contribution in [0, 0.1) is 5.92 Å². The van der Waals surface area contributed by atoms with Crippen LogP contribution < -0.4 is 9.47 Å². The predicted molar refractivity (Wildman–Crippen MR) is 80.7 cm³/mol. The molecule has 2 N–H and O–H groups in total. The van der Waals surface area contributed by atoms with Crippen LogP contribution in [-0.2, 0) is 0 Å². The van der Waals surface area contributed by atoms with Crippen LogP contribution in [0.3, 0.4) is 0 Å². The first-order chi connectivity index (χ1) is 10.2. The number of hydrogen-bond donors (Lipinski definition) is 2. The van der Waals surface area contributed by atoms with Crippen molar-refractivity contribution in [2.45, 2.75) is 18.9 Å². The standard InChI is InChI=1S/C16H25NO4/c1-20-15-2-4-16(5-3-15)21-12-14(19)10-17-8-6-13(11-18)7-9-17/h2-5,13-14,18-19H,6-12H2,1H3. The second-order valence-electron chi connectivity index (χ2n) is 5.57. The normalized spacial score (nSPS) is 18.4. The molecule has 1 aliphatic rings. The molecule has 0 amide bonds. The predicted octanol–water partition coefficient (Wildman–Crippen LogP) is 1.14. The molecule has 0 bridgehead atoms. The summed E-state index contributed by atoms with van der Waals surface area (Å²) >= 11 is 0. The molecule has 0 saturated carbocycles. The first-order valence-corrected chi connectivity index (χ1v) is 7.49. The van der Waals surface area contributed by atoms with Crippen molar-refractivity contribution in [3.05, 3.63) is 24.3 Å². The number of nitrogens with zero attached hydrogens (tertiary/aromatic N) is 1. The monoisotopic (exact) mass is 295 g/mol. The fourth-order valence-corrected chi connectivity index (χ4v) is 2.57. The summed E-state index contributed by atoms with van der Waals surface area (Å²) in [6, 6.07) is 7.33. The Labute approximate surface area is 126 Å². The molecule has 1 unspecified atom stereocenters. The van der Waals surface area contributed by atoms with Crippen LogP contribution in [0.15, 0.2) is 24.3 Å². The number of aliphatic hydroxyl groups is 2. The van der Waals surface area contributed by atoms with Gasteiger partial charge in [0.15, 0.2) is 0 Å². The molecular formula is C16H25NO4. The third-order valence-corrected chi connectivity index (χ3v) is 3.94. The van der Waals surface area contributed by atoms with Crippen molar-refractivity contribution < 1.29 is 19.7 Å². The molecule has 0 spiro atoms. The van der Waals surface area contributed by atoms with E-state index in [0.29, 0.717) is 12.5 Å². The van der Waals surface area contributed by atoms with Crippen molar-refractivity contribution in [1.29, 1.82) is 0 Å². The molecule has 1 saturated heterocycles. The highest BCUT2D eigenvalue weighted by molar-refractivity contribution is 5.31. The van der Waals surface area contributed by atoms with E-state index in [1.165, 1.54) is 0 Å². The number of benzene rings is 1. The SMILES string of the molecule is COc1ccc(OCC(O)CN2CCC(CO)CC2)cc1. The van der Waals surface area contributed by atoms with Crippen LogP contribution in [0.1, 0.15) is 12.8 Å². The lowest BCUT2D eigenvalue weighted by molar-refractivity contribution is 0.0488. The van der Waals surface area contributed by atoms with Crippen molar-refractivity contribution in [2.75, 3.05) is 40.0 Å². The van der Waals surface area contributed by atoms with Gasteiger partial charge < -0.3 is 24.6 Å². The second kappa shape index (κ2) is 8.22. The maximum atomic E-state index is 10.0. The topological polar surface area (TPSA) is 62.2 Å².